The minimum atomic E-state index is -2.87. The van der Waals surface area contributed by atoms with Crippen molar-refractivity contribution in [1.29, 1.82) is 0 Å². The Morgan fingerprint density at radius 2 is 1.51 bits per heavy atom. The number of aryl methyl sites for hydroxylation is 1. The first-order valence-corrected chi connectivity index (χ1v) is 28.9. The number of nitrogens with one attached hydrogen (secondary N) is 3. The Hall–Kier alpha value is -5.65. The van der Waals surface area contributed by atoms with Crippen LogP contribution in [0.4, 0.5) is 18.9 Å². The van der Waals surface area contributed by atoms with E-state index >= 15 is 13.2 Å². The van der Waals surface area contributed by atoms with E-state index in [1.54, 1.807) is 12.1 Å². The fraction of sp³-hybridized carbons (Fsp3) is 0.556. The summed E-state index contributed by atoms with van der Waals surface area (Å²) in [6, 6.07) is 13.6. The number of rotatable bonds is 19. The van der Waals surface area contributed by atoms with Gasteiger partial charge in [0.05, 0.1) is 19.7 Å². The molecular weight excluding hydrogens is 1000 g/mol. The number of carbonyl (C=O) groups excluding carboxylic acids is 3. The zero-order chi connectivity index (χ0) is 58.1. The number of nitrogens with zero attached hydrogens (tertiary/aromatic N) is 5. The van der Waals surface area contributed by atoms with Crippen molar-refractivity contribution in [1.82, 2.24) is 35.2 Å². The van der Waals surface area contributed by atoms with E-state index in [4.69, 9.17) is 0 Å². The van der Waals surface area contributed by atoms with Gasteiger partial charge in [-0.2, -0.15) is 0 Å². The number of carbonyl (C=O) groups is 3. The molecule has 2 unspecified atom stereocenters. The van der Waals surface area contributed by atoms with E-state index in [-0.39, 0.29) is 43.0 Å². The topological polar surface area (TPSA) is 148 Å². The van der Waals surface area contributed by atoms with Crippen molar-refractivity contribution >= 4 is 35.4 Å². The first-order chi connectivity index (χ1) is 38.1. The van der Waals surface area contributed by atoms with Crippen molar-refractivity contribution in [2.24, 2.45) is 11.8 Å². The number of nitrogens with two attached hydrogens (primary N) is 1. The molecule has 79 heavy (non-hydrogen) atoms. The summed E-state index contributed by atoms with van der Waals surface area (Å²) < 4.78 is 47.2. The number of anilines is 1. The van der Waals surface area contributed by atoms with E-state index in [2.05, 4.69) is 100 Å². The predicted octanol–water partition coefficient (Wildman–Crippen LogP) is 11.0. The van der Waals surface area contributed by atoms with E-state index in [1.807, 2.05) is 73.8 Å². The standard InChI is InChI=1S/C58H77F3N8O3.2C2H6.CH5NO/c1-7-44(11-10-41(3)62-5)50-18-26-64-42(4)52(50)35-40(2)37-66-27-21-46(22-28-66)45-12-14-48(15-13-45)57(72)69-30-19-43(20-31-69)38-67-29-25-55(58(60,61)39-67)68-32-23-47(24-33-68)51-17-16-49(36-53(51)59)65-54(9-8-34-70)56(71)63-6;2*1-2;1-3-2/h7,10-18,26,34-36,43,46-47,54-55,62,65H,3,8-9,19-25,27-33,37-39H2,1-2,4-6H3,(H,63,71);2*1-2H3;2H2,1H3/b11-10-,40-35+,44-7+;;;. The molecule has 2 atom stereocenters. The maximum Gasteiger partial charge on any atom is 0.275 e. The summed E-state index contributed by atoms with van der Waals surface area (Å²) in [5.74, 6) is 1.46. The van der Waals surface area contributed by atoms with Crippen LogP contribution in [0.5, 0.6) is 0 Å². The third kappa shape index (κ3) is 19.3. The first-order valence-electron chi connectivity index (χ1n) is 28.9. The normalized spacial score (nSPS) is 19.4. The van der Waals surface area contributed by atoms with Gasteiger partial charge in [-0.15, -0.1) is 0 Å². The van der Waals surface area contributed by atoms with Gasteiger partial charge < -0.3 is 30.5 Å². The van der Waals surface area contributed by atoms with Crippen LogP contribution in [0.1, 0.15) is 149 Å². The van der Waals surface area contributed by atoms with Crippen LogP contribution in [0.2, 0.25) is 0 Å². The zero-order valence-electron chi connectivity index (χ0n) is 49.2. The van der Waals surface area contributed by atoms with Crippen LogP contribution in [0.3, 0.4) is 0 Å². The molecule has 0 saturated carbocycles. The number of aldehydes is 1. The Morgan fingerprint density at radius 1 is 0.873 bits per heavy atom. The van der Waals surface area contributed by atoms with Gasteiger partial charge in [0, 0.05) is 87.6 Å². The van der Waals surface area contributed by atoms with Gasteiger partial charge in [0.1, 0.15) is 18.1 Å². The lowest BCUT2D eigenvalue weighted by Crippen LogP contribution is -2.60. The molecule has 0 radical (unpaired) electrons. The molecule has 13 nitrogen and oxygen atoms in total. The highest BCUT2D eigenvalue weighted by atomic mass is 19.3. The molecule has 2 aromatic carbocycles. The molecular formula is C63H94F3N9O4. The van der Waals surface area contributed by atoms with Crippen molar-refractivity contribution in [3.63, 3.8) is 0 Å². The van der Waals surface area contributed by atoms with E-state index in [0.717, 1.165) is 79.7 Å². The molecule has 4 saturated heterocycles. The molecule has 7 rings (SSSR count). The highest BCUT2D eigenvalue weighted by Crippen LogP contribution is 2.38. The fourth-order valence-electron chi connectivity index (χ4n) is 11.4. The summed E-state index contributed by atoms with van der Waals surface area (Å²) in [7, 11) is 4.78. The number of aromatic nitrogens is 1. The molecule has 0 aliphatic carbocycles. The van der Waals surface area contributed by atoms with E-state index < -0.39 is 23.8 Å². The number of pyridine rings is 1. The Labute approximate surface area is 471 Å². The Balaban J connectivity index is 0.00000184. The van der Waals surface area contributed by atoms with Crippen molar-refractivity contribution < 1.29 is 32.4 Å². The van der Waals surface area contributed by atoms with Gasteiger partial charge in [0.15, 0.2) is 0 Å². The Morgan fingerprint density at radius 3 is 2.09 bits per heavy atom. The van der Waals surface area contributed by atoms with Crippen LogP contribution in [-0.4, -0.2) is 147 Å². The minimum absolute atomic E-state index is 0.0383. The number of hydrogen-bond donors (Lipinski definition) is 4. The highest BCUT2D eigenvalue weighted by molar-refractivity contribution is 5.94. The van der Waals surface area contributed by atoms with Gasteiger partial charge in [-0.05, 0) is 175 Å². The van der Waals surface area contributed by atoms with Crippen LogP contribution in [0, 0.1) is 18.7 Å². The molecule has 4 aliphatic rings. The number of piperidine rings is 4. The van der Waals surface area contributed by atoms with Crippen LogP contribution >= 0.6 is 0 Å². The second-order valence-corrected chi connectivity index (χ2v) is 20.7. The highest BCUT2D eigenvalue weighted by Gasteiger charge is 2.48. The minimum Gasteiger partial charge on any atom is -0.389 e. The van der Waals surface area contributed by atoms with Crippen LogP contribution in [0.25, 0.3) is 11.6 Å². The lowest BCUT2D eigenvalue weighted by molar-refractivity contribution is -0.133. The molecule has 0 bridgehead atoms. The van der Waals surface area contributed by atoms with Gasteiger partial charge in [-0.3, -0.25) is 29.3 Å². The number of halogens is 3. The maximum atomic E-state index is 15.9. The van der Waals surface area contributed by atoms with Crippen molar-refractivity contribution in [3.05, 3.63) is 130 Å². The second kappa shape index (κ2) is 33.8. The van der Waals surface area contributed by atoms with Crippen molar-refractivity contribution in [2.75, 3.05) is 92.0 Å². The summed E-state index contributed by atoms with van der Waals surface area (Å²) >= 11 is 0. The summed E-state index contributed by atoms with van der Waals surface area (Å²) in [5, 5.41) is 8.68. The molecule has 4 aliphatic heterocycles. The molecule has 436 valence electrons. The second-order valence-electron chi connectivity index (χ2n) is 20.7. The smallest absolute Gasteiger partial charge is 0.275 e. The molecule has 0 spiro atoms. The van der Waals surface area contributed by atoms with E-state index in [1.165, 1.54) is 31.4 Å². The van der Waals surface area contributed by atoms with Crippen LogP contribution in [-0.2, 0) is 14.4 Å². The quantitative estimate of drug-likeness (QED) is 0.0516. The number of allylic oxidation sites excluding steroid dienone is 4. The predicted molar refractivity (Wildman–Crippen MR) is 318 cm³/mol. The van der Waals surface area contributed by atoms with E-state index in [9.17, 15) is 14.4 Å². The summed E-state index contributed by atoms with van der Waals surface area (Å²) in [6.45, 7) is 24.4. The van der Waals surface area contributed by atoms with Crippen molar-refractivity contribution in [3.8, 4) is 0 Å². The fourth-order valence-corrected chi connectivity index (χ4v) is 11.4. The number of likely N-dealkylation sites (N-methyl/N-ethyl adjacent to an activating group) is 2. The van der Waals surface area contributed by atoms with Gasteiger partial charge in [0.25, 0.3) is 11.8 Å². The number of likely N-dealkylation sites (tertiary alicyclic amines) is 4. The molecule has 16 heteroatoms. The molecule has 2 amide bonds. The Bertz CT molecular complexity index is 2460. The first kappa shape index (κ1) is 65.9. The number of amides is 2. The monoisotopic (exact) mass is 1100 g/mol. The maximum absolute atomic E-state index is 15.9. The van der Waals surface area contributed by atoms with Gasteiger partial charge in [0.2, 0.25) is 5.91 Å². The van der Waals surface area contributed by atoms with Gasteiger partial charge in [-0.1, -0.05) is 76.3 Å². The third-order valence-corrected chi connectivity index (χ3v) is 15.6. The molecule has 4 fully saturated rings. The van der Waals surface area contributed by atoms with Crippen LogP contribution in [0.15, 0.2) is 90.8 Å². The Kier molecular flexibility index (Phi) is 28.2. The summed E-state index contributed by atoms with van der Waals surface area (Å²) in [4.78, 5) is 53.5. The van der Waals surface area contributed by atoms with Gasteiger partial charge in [-0.25, -0.2) is 19.1 Å². The molecule has 5 heterocycles. The van der Waals surface area contributed by atoms with E-state index in [0.29, 0.717) is 81.3 Å². The molecule has 3 aromatic rings. The zero-order valence-corrected chi connectivity index (χ0v) is 49.2. The largest absolute Gasteiger partial charge is 0.389 e. The lowest BCUT2D eigenvalue weighted by atomic mass is 9.86. The van der Waals surface area contributed by atoms with Crippen molar-refractivity contribution in [2.45, 2.75) is 136 Å². The molecule has 5 N–H and O–H groups in total. The average molecular weight is 1100 g/mol. The molecule has 1 aromatic heterocycles. The van der Waals surface area contributed by atoms with Gasteiger partial charge >= 0.3 is 0 Å². The SMILES string of the molecule is C=C(/C=C\C(=C/C)c1ccnc(C)c1/C=C(\C)CN1CCC(c2ccc(C(=O)N3CCC(CN4CCC(N5CCC(c6ccc(NC(CCC=O)C(=O)NC)cc6F)CC5)C(F)(F)C4)CC3)cc2)CC1)NC.CC.CC.CON. The number of hydrogen-bond acceptors (Lipinski definition) is 11. The third-order valence-electron chi connectivity index (χ3n) is 15.6. The average Bonchev–Trinajstić information content (AvgIpc) is 3.54. The van der Waals surface area contributed by atoms with Crippen LogP contribution < -0.4 is 21.8 Å². The number of alkyl halides is 2. The number of benzene rings is 2. The summed E-state index contributed by atoms with van der Waals surface area (Å²) in [6.07, 6.45) is 16.9. The summed E-state index contributed by atoms with van der Waals surface area (Å²) in [5.41, 5.74) is 9.55. The lowest BCUT2D eigenvalue weighted by Gasteiger charge is -2.46.